The molecule has 2 fully saturated rings. The van der Waals surface area contributed by atoms with Crippen LogP contribution in [0.15, 0.2) is 54.9 Å². The maximum Gasteiger partial charge on any atom is 0.259 e. The van der Waals surface area contributed by atoms with Gasteiger partial charge in [-0.3, -0.25) is 9.69 Å². The Bertz CT molecular complexity index is 1010. The van der Waals surface area contributed by atoms with Crippen LogP contribution in [0.25, 0.3) is 11.5 Å². The van der Waals surface area contributed by atoms with E-state index in [1.165, 1.54) is 32.1 Å². The molecule has 0 radical (unpaired) electrons. The normalized spacial score (nSPS) is 18.4. The van der Waals surface area contributed by atoms with Gasteiger partial charge in [-0.05, 0) is 44.0 Å². The van der Waals surface area contributed by atoms with Crippen LogP contribution in [0.1, 0.15) is 48.2 Å². The van der Waals surface area contributed by atoms with E-state index in [1.807, 2.05) is 75.9 Å². The lowest BCUT2D eigenvalue weighted by atomic mass is 9.94. The predicted molar refractivity (Wildman–Crippen MR) is 122 cm³/mol. The molecule has 1 saturated carbocycles. The molecule has 0 spiro atoms. The second kappa shape index (κ2) is 8.71. The Morgan fingerprint density at radius 2 is 1.58 bits per heavy atom. The lowest BCUT2D eigenvalue weighted by molar-refractivity contribution is 0.0522. The Kier molecular flexibility index (Phi) is 5.64. The first-order valence-electron chi connectivity index (χ1n) is 11.5. The van der Waals surface area contributed by atoms with E-state index in [2.05, 4.69) is 4.90 Å². The number of carbonyl (C=O) groups is 1. The quantitative estimate of drug-likeness (QED) is 0.643. The van der Waals surface area contributed by atoms with E-state index in [0.717, 1.165) is 43.4 Å². The zero-order chi connectivity index (χ0) is 21.2. The molecule has 6 nitrogen and oxygen atoms in total. The monoisotopic (exact) mass is 417 g/mol. The minimum Gasteiger partial charge on any atom is -0.336 e. The van der Waals surface area contributed by atoms with Gasteiger partial charge in [0, 0.05) is 44.6 Å². The topological polar surface area (TPSA) is 46.3 Å². The first kappa shape index (κ1) is 20.1. The number of nitrogens with zero attached hydrogens (tertiary/aromatic N) is 5. The molecule has 1 aliphatic heterocycles. The molecule has 1 saturated heterocycles. The molecule has 6 heteroatoms. The third kappa shape index (κ3) is 3.92. The molecule has 5 rings (SSSR count). The maximum atomic E-state index is 13.7. The van der Waals surface area contributed by atoms with Gasteiger partial charge in [-0.2, -0.15) is 5.10 Å². The van der Waals surface area contributed by atoms with Crippen LogP contribution in [0, 0.1) is 6.92 Å². The van der Waals surface area contributed by atoms with Crippen LogP contribution < -0.4 is 0 Å². The van der Waals surface area contributed by atoms with Crippen molar-refractivity contribution in [3.8, 4) is 11.5 Å². The highest BCUT2D eigenvalue weighted by molar-refractivity contribution is 5.98. The number of carbonyl (C=O) groups excluding carboxylic acids is 1. The summed E-state index contributed by atoms with van der Waals surface area (Å²) in [6, 6.07) is 14.7. The number of aryl methyl sites for hydroxylation is 1. The van der Waals surface area contributed by atoms with Crippen molar-refractivity contribution in [2.24, 2.45) is 0 Å². The average Bonchev–Trinajstić information content (AvgIpc) is 3.47. The van der Waals surface area contributed by atoms with E-state index in [4.69, 9.17) is 5.10 Å². The highest BCUT2D eigenvalue weighted by Gasteiger charge is 2.31. The maximum absolute atomic E-state index is 13.7. The van der Waals surface area contributed by atoms with Crippen LogP contribution in [0.5, 0.6) is 0 Å². The standard InChI is InChI=1S/C25H31N5O/c1-20-23(25(31)29-18-16-27(17-19-29)21-10-4-2-5-11-21)24(28-14-8-9-15-28)30(26-20)22-12-6-3-7-13-22/h3,6-9,12-15,21H,2,4-5,10-11,16-19H2,1H3. The molecule has 2 aliphatic rings. The van der Waals surface area contributed by atoms with Crippen molar-refractivity contribution >= 4 is 5.91 Å². The zero-order valence-corrected chi connectivity index (χ0v) is 18.3. The van der Waals surface area contributed by atoms with Gasteiger partial charge in [-0.25, -0.2) is 4.68 Å². The van der Waals surface area contributed by atoms with Crippen molar-refractivity contribution in [1.82, 2.24) is 24.1 Å². The molecule has 162 valence electrons. The molecular formula is C25H31N5O. The fourth-order valence-corrected chi connectivity index (χ4v) is 5.12. The Morgan fingerprint density at radius 3 is 2.26 bits per heavy atom. The van der Waals surface area contributed by atoms with Crippen molar-refractivity contribution in [3.05, 3.63) is 66.1 Å². The number of piperazine rings is 1. The molecule has 3 heterocycles. The Labute approximate surface area is 184 Å². The Hall–Kier alpha value is -2.86. The SMILES string of the molecule is Cc1nn(-c2ccccc2)c(-n2cccc2)c1C(=O)N1CCN(C2CCCCC2)CC1. The van der Waals surface area contributed by atoms with E-state index in [0.29, 0.717) is 11.6 Å². The minimum atomic E-state index is 0.0895. The third-order valence-corrected chi connectivity index (χ3v) is 6.79. The van der Waals surface area contributed by atoms with Gasteiger partial charge in [0.15, 0.2) is 5.82 Å². The van der Waals surface area contributed by atoms with E-state index in [1.54, 1.807) is 0 Å². The molecule has 3 aromatic rings. The van der Waals surface area contributed by atoms with Gasteiger partial charge in [0.1, 0.15) is 5.56 Å². The molecule has 2 aromatic heterocycles. The summed E-state index contributed by atoms with van der Waals surface area (Å²) in [7, 11) is 0. The molecule has 0 unspecified atom stereocenters. The number of amides is 1. The van der Waals surface area contributed by atoms with E-state index in [9.17, 15) is 4.79 Å². The summed E-state index contributed by atoms with van der Waals surface area (Å²) in [5.74, 6) is 0.903. The third-order valence-electron chi connectivity index (χ3n) is 6.79. The summed E-state index contributed by atoms with van der Waals surface area (Å²) in [5.41, 5.74) is 2.42. The summed E-state index contributed by atoms with van der Waals surface area (Å²) in [6.07, 6.45) is 10.7. The molecule has 1 aromatic carbocycles. The van der Waals surface area contributed by atoms with Crippen molar-refractivity contribution in [2.75, 3.05) is 26.2 Å². The Morgan fingerprint density at radius 1 is 0.903 bits per heavy atom. The van der Waals surface area contributed by atoms with Crippen molar-refractivity contribution in [3.63, 3.8) is 0 Å². The summed E-state index contributed by atoms with van der Waals surface area (Å²) in [6.45, 7) is 5.47. The first-order chi connectivity index (χ1) is 15.2. The van der Waals surface area contributed by atoms with E-state index >= 15 is 0 Å². The fraction of sp³-hybridized carbons (Fsp3) is 0.440. The van der Waals surface area contributed by atoms with Crippen molar-refractivity contribution in [1.29, 1.82) is 0 Å². The van der Waals surface area contributed by atoms with Crippen LogP contribution >= 0.6 is 0 Å². The summed E-state index contributed by atoms with van der Waals surface area (Å²) in [5, 5.41) is 4.78. The summed E-state index contributed by atoms with van der Waals surface area (Å²) >= 11 is 0. The largest absolute Gasteiger partial charge is 0.336 e. The van der Waals surface area contributed by atoms with Gasteiger partial charge in [0.05, 0.1) is 11.4 Å². The number of para-hydroxylation sites is 1. The van der Waals surface area contributed by atoms with Crippen LogP contribution in [0.4, 0.5) is 0 Å². The molecule has 0 bridgehead atoms. The van der Waals surface area contributed by atoms with Gasteiger partial charge in [0.2, 0.25) is 0 Å². The molecule has 31 heavy (non-hydrogen) atoms. The van der Waals surface area contributed by atoms with Crippen LogP contribution in [0.2, 0.25) is 0 Å². The lowest BCUT2D eigenvalue weighted by Crippen LogP contribution is -2.52. The number of hydrogen-bond acceptors (Lipinski definition) is 3. The molecule has 0 atom stereocenters. The van der Waals surface area contributed by atoms with Gasteiger partial charge >= 0.3 is 0 Å². The number of benzene rings is 1. The smallest absolute Gasteiger partial charge is 0.259 e. The predicted octanol–water partition coefficient (Wildman–Crippen LogP) is 4.06. The second-order valence-electron chi connectivity index (χ2n) is 8.74. The fourth-order valence-electron chi connectivity index (χ4n) is 5.12. The Balaban J connectivity index is 1.42. The van der Waals surface area contributed by atoms with E-state index in [-0.39, 0.29) is 5.91 Å². The molecule has 1 aliphatic carbocycles. The minimum absolute atomic E-state index is 0.0895. The van der Waals surface area contributed by atoms with Crippen molar-refractivity contribution < 1.29 is 4.79 Å². The highest BCUT2D eigenvalue weighted by Crippen LogP contribution is 2.27. The number of rotatable bonds is 4. The van der Waals surface area contributed by atoms with Crippen LogP contribution in [-0.2, 0) is 0 Å². The number of aromatic nitrogens is 3. The lowest BCUT2D eigenvalue weighted by Gasteiger charge is -2.40. The van der Waals surface area contributed by atoms with Crippen molar-refractivity contribution in [2.45, 2.75) is 45.1 Å². The molecule has 1 amide bonds. The highest BCUT2D eigenvalue weighted by atomic mass is 16.2. The zero-order valence-electron chi connectivity index (χ0n) is 18.3. The average molecular weight is 418 g/mol. The van der Waals surface area contributed by atoms with Crippen LogP contribution in [-0.4, -0.2) is 62.3 Å². The van der Waals surface area contributed by atoms with Crippen LogP contribution in [0.3, 0.4) is 0 Å². The van der Waals surface area contributed by atoms with Gasteiger partial charge < -0.3 is 9.47 Å². The first-order valence-corrected chi connectivity index (χ1v) is 11.5. The molecular weight excluding hydrogens is 386 g/mol. The number of hydrogen-bond donors (Lipinski definition) is 0. The van der Waals surface area contributed by atoms with E-state index < -0.39 is 0 Å². The molecule has 0 N–H and O–H groups in total. The van der Waals surface area contributed by atoms with Gasteiger partial charge in [-0.15, -0.1) is 0 Å². The summed E-state index contributed by atoms with van der Waals surface area (Å²) < 4.78 is 3.89. The van der Waals surface area contributed by atoms with Gasteiger partial charge in [-0.1, -0.05) is 37.5 Å². The van der Waals surface area contributed by atoms with Gasteiger partial charge in [0.25, 0.3) is 5.91 Å². The summed E-state index contributed by atoms with van der Waals surface area (Å²) in [4.78, 5) is 18.3. The second-order valence-corrected chi connectivity index (χ2v) is 8.74.